The van der Waals surface area contributed by atoms with Gasteiger partial charge in [-0.05, 0) is 46.7 Å². The molecule has 4 aromatic rings. The molecule has 0 unspecified atom stereocenters. The monoisotopic (exact) mass is 389 g/mol. The Kier molecular flexibility index (Phi) is 4.87. The van der Waals surface area contributed by atoms with Crippen LogP contribution >= 0.6 is 0 Å². The van der Waals surface area contributed by atoms with Gasteiger partial charge in [-0.2, -0.15) is 0 Å². The molecular formula is C22H19N3O4. The van der Waals surface area contributed by atoms with Crippen LogP contribution in [0.3, 0.4) is 0 Å². The van der Waals surface area contributed by atoms with Gasteiger partial charge in [0.1, 0.15) is 12.3 Å². The summed E-state index contributed by atoms with van der Waals surface area (Å²) in [6.45, 7) is 0.151. The quantitative estimate of drug-likeness (QED) is 0.547. The number of amides is 1. The highest BCUT2D eigenvalue weighted by Crippen LogP contribution is 2.21. The fourth-order valence-electron chi connectivity index (χ4n) is 3.31. The molecule has 1 heterocycles. The van der Waals surface area contributed by atoms with Crippen molar-refractivity contribution in [1.82, 2.24) is 14.9 Å². The van der Waals surface area contributed by atoms with Crippen LogP contribution in [-0.4, -0.2) is 22.6 Å². The van der Waals surface area contributed by atoms with Gasteiger partial charge in [0.15, 0.2) is 0 Å². The first kappa shape index (κ1) is 18.5. The van der Waals surface area contributed by atoms with Crippen LogP contribution < -0.4 is 21.3 Å². The Bertz CT molecular complexity index is 1340. The molecule has 29 heavy (non-hydrogen) atoms. The molecule has 7 nitrogen and oxygen atoms in total. The molecule has 4 rings (SSSR count). The van der Waals surface area contributed by atoms with Crippen LogP contribution in [0.25, 0.3) is 21.7 Å². The smallest absolute Gasteiger partial charge is 0.329 e. The molecule has 0 bridgehead atoms. The Balaban J connectivity index is 1.51. The lowest BCUT2D eigenvalue weighted by Gasteiger charge is -2.10. The van der Waals surface area contributed by atoms with Crippen molar-refractivity contribution in [3.8, 4) is 5.75 Å². The average molecular weight is 389 g/mol. The van der Waals surface area contributed by atoms with E-state index >= 15 is 0 Å². The van der Waals surface area contributed by atoms with E-state index in [1.54, 1.807) is 31.4 Å². The maximum absolute atomic E-state index is 12.4. The topological polar surface area (TPSA) is 93.2 Å². The first-order valence-corrected chi connectivity index (χ1v) is 9.10. The molecule has 146 valence electrons. The van der Waals surface area contributed by atoms with Crippen LogP contribution in [0.2, 0.25) is 0 Å². The van der Waals surface area contributed by atoms with Crippen molar-refractivity contribution in [2.24, 2.45) is 0 Å². The van der Waals surface area contributed by atoms with Crippen molar-refractivity contribution in [3.05, 3.63) is 87.1 Å². The van der Waals surface area contributed by atoms with E-state index in [0.29, 0.717) is 17.4 Å². The van der Waals surface area contributed by atoms with Gasteiger partial charge in [-0.1, -0.05) is 30.3 Å². The predicted molar refractivity (Wildman–Crippen MR) is 111 cm³/mol. The zero-order valence-corrected chi connectivity index (χ0v) is 15.8. The number of benzene rings is 3. The summed E-state index contributed by atoms with van der Waals surface area (Å²) in [5, 5.41) is 5.28. The summed E-state index contributed by atoms with van der Waals surface area (Å²) in [4.78, 5) is 38.8. The Morgan fingerprint density at radius 3 is 2.62 bits per heavy atom. The van der Waals surface area contributed by atoms with E-state index in [2.05, 4.69) is 10.3 Å². The zero-order valence-electron chi connectivity index (χ0n) is 15.8. The first-order valence-electron chi connectivity index (χ1n) is 9.10. The molecule has 2 N–H and O–H groups in total. The molecule has 1 amide bonds. The molecule has 0 saturated heterocycles. The highest BCUT2D eigenvalue weighted by Gasteiger charge is 2.10. The van der Waals surface area contributed by atoms with Crippen molar-refractivity contribution >= 4 is 27.6 Å². The van der Waals surface area contributed by atoms with E-state index < -0.39 is 11.2 Å². The molecule has 1 aromatic heterocycles. The number of nitrogens with one attached hydrogen (secondary N) is 2. The van der Waals surface area contributed by atoms with E-state index in [9.17, 15) is 14.4 Å². The lowest BCUT2D eigenvalue weighted by Crippen LogP contribution is -2.36. The molecule has 3 aromatic carbocycles. The third kappa shape index (κ3) is 3.75. The molecule has 7 heteroatoms. The van der Waals surface area contributed by atoms with E-state index in [1.807, 2.05) is 36.4 Å². The number of methoxy groups -OCH3 is 1. The standard InChI is InChI=1S/C22H19N3O4/c1-29-17-9-8-15-10-14(6-7-16(15)11-17)12-23-20(26)13-25-19-5-3-2-4-18(19)21(27)24-22(25)28/h2-11H,12-13H2,1H3,(H,23,26)(H,24,27,28). The van der Waals surface area contributed by atoms with Crippen LogP contribution in [0.1, 0.15) is 5.56 Å². The molecule has 0 spiro atoms. The van der Waals surface area contributed by atoms with E-state index in [1.165, 1.54) is 4.57 Å². The number of aromatic nitrogens is 2. The normalized spacial score (nSPS) is 10.9. The second-order valence-electron chi connectivity index (χ2n) is 6.69. The maximum atomic E-state index is 12.4. The minimum Gasteiger partial charge on any atom is -0.497 e. The van der Waals surface area contributed by atoms with Crippen LogP contribution in [-0.2, 0) is 17.9 Å². The van der Waals surface area contributed by atoms with Gasteiger partial charge in [-0.3, -0.25) is 19.1 Å². The SMILES string of the molecule is COc1ccc2cc(CNC(=O)Cn3c(=O)[nH]c(=O)c4ccccc43)ccc2c1. The lowest BCUT2D eigenvalue weighted by atomic mass is 10.1. The first-order chi connectivity index (χ1) is 14.0. The van der Waals surface area contributed by atoms with Crippen molar-refractivity contribution in [2.75, 3.05) is 7.11 Å². The number of carbonyl (C=O) groups is 1. The summed E-state index contributed by atoms with van der Waals surface area (Å²) in [6, 6.07) is 18.4. The van der Waals surface area contributed by atoms with Crippen LogP contribution in [0.5, 0.6) is 5.75 Å². The highest BCUT2D eigenvalue weighted by molar-refractivity contribution is 5.85. The lowest BCUT2D eigenvalue weighted by molar-refractivity contribution is -0.121. The maximum Gasteiger partial charge on any atom is 0.329 e. The van der Waals surface area contributed by atoms with Gasteiger partial charge in [0.2, 0.25) is 5.91 Å². The van der Waals surface area contributed by atoms with Gasteiger partial charge < -0.3 is 10.1 Å². The molecule has 0 aliphatic carbocycles. The number of carbonyl (C=O) groups excluding carboxylic acids is 1. The molecule has 0 fully saturated rings. The Hall–Kier alpha value is -3.87. The number of aromatic amines is 1. The Morgan fingerprint density at radius 1 is 1.03 bits per heavy atom. The van der Waals surface area contributed by atoms with E-state index in [-0.39, 0.29) is 12.5 Å². The minimum atomic E-state index is -0.608. The molecular weight excluding hydrogens is 370 g/mol. The van der Waals surface area contributed by atoms with Gasteiger partial charge >= 0.3 is 5.69 Å². The van der Waals surface area contributed by atoms with E-state index in [4.69, 9.17) is 4.74 Å². The third-order valence-electron chi connectivity index (χ3n) is 4.81. The molecule has 0 saturated carbocycles. The van der Waals surface area contributed by atoms with Crippen LogP contribution in [0.4, 0.5) is 0 Å². The largest absolute Gasteiger partial charge is 0.497 e. The number of H-pyrrole nitrogens is 1. The third-order valence-corrected chi connectivity index (χ3v) is 4.81. The van der Waals surface area contributed by atoms with Crippen LogP contribution in [0, 0.1) is 0 Å². The van der Waals surface area contributed by atoms with Crippen molar-refractivity contribution in [3.63, 3.8) is 0 Å². The summed E-state index contributed by atoms with van der Waals surface area (Å²) in [7, 11) is 1.63. The van der Waals surface area contributed by atoms with Crippen molar-refractivity contribution in [2.45, 2.75) is 13.1 Å². The summed E-state index contributed by atoms with van der Waals surface area (Å²) >= 11 is 0. The van der Waals surface area contributed by atoms with Crippen LogP contribution in [0.15, 0.2) is 70.3 Å². The zero-order chi connectivity index (χ0) is 20.4. The highest BCUT2D eigenvalue weighted by atomic mass is 16.5. The van der Waals surface area contributed by atoms with Gasteiger partial charge in [-0.15, -0.1) is 0 Å². The fraction of sp³-hybridized carbons (Fsp3) is 0.136. The number of hydrogen-bond acceptors (Lipinski definition) is 4. The van der Waals surface area contributed by atoms with Gasteiger partial charge in [-0.25, -0.2) is 4.79 Å². The number of para-hydroxylation sites is 1. The molecule has 0 aliphatic heterocycles. The summed E-state index contributed by atoms with van der Waals surface area (Å²) in [6.07, 6.45) is 0. The average Bonchev–Trinajstić information content (AvgIpc) is 2.74. The number of hydrogen-bond donors (Lipinski definition) is 2. The molecule has 0 atom stereocenters. The summed E-state index contributed by atoms with van der Waals surface area (Å²) < 4.78 is 6.49. The molecule has 0 aliphatic rings. The second-order valence-corrected chi connectivity index (χ2v) is 6.69. The number of nitrogens with zero attached hydrogens (tertiary/aromatic N) is 1. The fourth-order valence-corrected chi connectivity index (χ4v) is 3.31. The number of fused-ring (bicyclic) bond motifs is 2. The Morgan fingerprint density at radius 2 is 1.79 bits per heavy atom. The molecule has 0 radical (unpaired) electrons. The van der Waals surface area contributed by atoms with Crippen molar-refractivity contribution < 1.29 is 9.53 Å². The number of rotatable bonds is 5. The van der Waals surface area contributed by atoms with Gasteiger partial charge in [0.25, 0.3) is 5.56 Å². The summed E-state index contributed by atoms with van der Waals surface area (Å²) in [5.74, 6) is 0.469. The summed E-state index contributed by atoms with van der Waals surface area (Å²) in [5.41, 5.74) is 0.296. The van der Waals surface area contributed by atoms with Gasteiger partial charge in [0, 0.05) is 6.54 Å². The minimum absolute atomic E-state index is 0.180. The van der Waals surface area contributed by atoms with E-state index in [0.717, 1.165) is 22.1 Å². The predicted octanol–water partition coefficient (Wildman–Crippen LogP) is 2.17. The number of ether oxygens (including phenoxy) is 1. The second kappa shape index (κ2) is 7.63. The van der Waals surface area contributed by atoms with Gasteiger partial charge in [0.05, 0.1) is 18.0 Å². The Labute approximate surface area is 165 Å². The van der Waals surface area contributed by atoms with Crippen molar-refractivity contribution in [1.29, 1.82) is 0 Å².